The summed E-state index contributed by atoms with van der Waals surface area (Å²) < 4.78 is 69.0. The third-order valence-electron chi connectivity index (χ3n) is 21.5. The molecule has 0 aliphatic heterocycles. The second-order valence-corrected chi connectivity index (χ2v) is 36.3. The van der Waals surface area contributed by atoms with Gasteiger partial charge < -0.3 is 33.8 Å². The Labute approximate surface area is 664 Å². The van der Waals surface area contributed by atoms with E-state index < -0.39 is 97.5 Å². The molecule has 0 aromatic rings. The molecule has 0 aromatic heterocycles. The Kier molecular flexibility index (Phi) is 76.2. The summed E-state index contributed by atoms with van der Waals surface area (Å²) in [5, 5.41) is 10.7. The lowest BCUT2D eigenvalue weighted by Gasteiger charge is -2.21. The molecule has 4 unspecified atom stereocenters. The Morgan fingerprint density at radius 1 is 0.259 bits per heavy atom. The Morgan fingerprint density at radius 2 is 0.444 bits per heavy atom. The van der Waals surface area contributed by atoms with Crippen LogP contribution in [0.25, 0.3) is 0 Å². The molecule has 0 saturated heterocycles. The van der Waals surface area contributed by atoms with Gasteiger partial charge in [-0.25, -0.2) is 9.13 Å². The van der Waals surface area contributed by atoms with E-state index in [9.17, 15) is 43.2 Å². The van der Waals surface area contributed by atoms with Gasteiger partial charge in [-0.15, -0.1) is 0 Å². The van der Waals surface area contributed by atoms with Crippen molar-refractivity contribution in [1.82, 2.24) is 0 Å². The highest BCUT2D eigenvalue weighted by atomic mass is 31.2. The standard InChI is InChI=1S/C89H174O17P2/c1-9-81(7)67-59-51-43-37-31-24-20-16-12-14-17-21-25-32-38-44-53-61-69-86(91)99-75-84(105-88(93)71-63-55-45-39-33-26-22-18-13-11-15-19-23-29-35-41-49-57-65-79(3)4)77-103-107(95,96)101-73-83(90)74-102-108(97,98)104-78-85(76-100-87(92)70-62-54-48-47-52-60-68-82(8)10-2)106-89(94)72-64-56-46-40-34-28-27-30-36-42-50-58-66-80(5)6/h79-85,90H,9-78H2,1-8H3,(H,95,96)(H,97,98)/t81?,82?,83-,84-,85-/m1/s1. The summed E-state index contributed by atoms with van der Waals surface area (Å²) in [7, 11) is -9.93. The quantitative estimate of drug-likeness (QED) is 0.0222. The Morgan fingerprint density at radius 3 is 0.657 bits per heavy atom. The number of hydrogen-bond acceptors (Lipinski definition) is 15. The van der Waals surface area contributed by atoms with Gasteiger partial charge in [0.15, 0.2) is 12.2 Å². The van der Waals surface area contributed by atoms with Crippen LogP contribution in [0, 0.1) is 23.7 Å². The van der Waals surface area contributed by atoms with Crippen LogP contribution in [0.5, 0.6) is 0 Å². The van der Waals surface area contributed by atoms with Crippen LogP contribution in [0.2, 0.25) is 0 Å². The molecule has 17 nitrogen and oxygen atoms in total. The molecule has 0 radical (unpaired) electrons. The number of unbranched alkanes of at least 4 members (excludes halogenated alkanes) is 50. The average Bonchev–Trinajstić information content (AvgIpc) is 0.903. The zero-order chi connectivity index (χ0) is 79.5. The minimum Gasteiger partial charge on any atom is -0.462 e. The number of hydrogen-bond donors (Lipinski definition) is 3. The van der Waals surface area contributed by atoms with Crippen molar-refractivity contribution in [2.45, 2.75) is 485 Å². The van der Waals surface area contributed by atoms with Gasteiger partial charge in [0, 0.05) is 25.7 Å². The summed E-state index contributed by atoms with van der Waals surface area (Å²) in [5.74, 6) is 1.10. The van der Waals surface area contributed by atoms with E-state index >= 15 is 0 Å². The van der Waals surface area contributed by atoms with Crippen LogP contribution in [-0.2, 0) is 65.4 Å². The molecule has 0 spiro atoms. The first-order valence-electron chi connectivity index (χ1n) is 45.8. The molecule has 0 amide bonds. The van der Waals surface area contributed by atoms with E-state index in [2.05, 4.69) is 55.4 Å². The third-order valence-corrected chi connectivity index (χ3v) is 23.4. The molecule has 0 aliphatic rings. The number of esters is 4. The van der Waals surface area contributed by atoms with E-state index in [1.54, 1.807) is 0 Å². The Bertz CT molecular complexity index is 2100. The molecule has 0 heterocycles. The highest BCUT2D eigenvalue weighted by Crippen LogP contribution is 2.45. The molecule has 3 N–H and O–H groups in total. The normalized spacial score (nSPS) is 14.4. The molecule has 0 rings (SSSR count). The lowest BCUT2D eigenvalue weighted by molar-refractivity contribution is -0.161. The highest BCUT2D eigenvalue weighted by Gasteiger charge is 2.31. The Hall–Kier alpha value is -1.94. The number of aliphatic hydroxyl groups excluding tert-OH is 1. The molecule has 642 valence electrons. The lowest BCUT2D eigenvalue weighted by Crippen LogP contribution is -2.30. The van der Waals surface area contributed by atoms with Crippen molar-refractivity contribution in [3.05, 3.63) is 0 Å². The molecule has 0 saturated carbocycles. The third kappa shape index (κ3) is 79.3. The van der Waals surface area contributed by atoms with Gasteiger partial charge in [-0.1, -0.05) is 415 Å². The van der Waals surface area contributed by atoms with Gasteiger partial charge in [0.05, 0.1) is 26.4 Å². The maximum absolute atomic E-state index is 13.2. The topological polar surface area (TPSA) is 237 Å². The highest BCUT2D eigenvalue weighted by molar-refractivity contribution is 7.47. The first kappa shape index (κ1) is 106. The first-order valence-corrected chi connectivity index (χ1v) is 48.8. The predicted octanol–water partition coefficient (Wildman–Crippen LogP) is 27.1. The van der Waals surface area contributed by atoms with Gasteiger partial charge in [0.2, 0.25) is 0 Å². The van der Waals surface area contributed by atoms with Crippen molar-refractivity contribution >= 4 is 39.5 Å². The number of phosphoric acid groups is 2. The molecule has 0 aliphatic carbocycles. The molecule has 0 bridgehead atoms. The summed E-state index contributed by atoms with van der Waals surface area (Å²) in [4.78, 5) is 73.3. The first-order chi connectivity index (χ1) is 52.2. The zero-order valence-electron chi connectivity index (χ0n) is 71.5. The van der Waals surface area contributed by atoms with Crippen molar-refractivity contribution in [3.63, 3.8) is 0 Å². The minimum atomic E-state index is -4.97. The number of carbonyl (C=O) groups excluding carboxylic acids is 4. The van der Waals surface area contributed by atoms with Gasteiger partial charge in [-0.2, -0.15) is 0 Å². The monoisotopic (exact) mass is 1580 g/mol. The second-order valence-electron chi connectivity index (χ2n) is 33.4. The van der Waals surface area contributed by atoms with E-state index in [0.717, 1.165) is 120 Å². The van der Waals surface area contributed by atoms with Gasteiger partial charge in [-0.3, -0.25) is 37.3 Å². The number of rotatable bonds is 86. The van der Waals surface area contributed by atoms with Crippen molar-refractivity contribution in [2.75, 3.05) is 39.6 Å². The summed E-state index contributed by atoms with van der Waals surface area (Å²) in [6.45, 7) is 14.4. The fraction of sp³-hybridized carbons (Fsp3) is 0.955. The van der Waals surface area contributed by atoms with E-state index in [1.165, 1.54) is 263 Å². The molecular formula is C89H174O17P2. The lowest BCUT2D eigenvalue weighted by atomic mass is 9.99. The maximum Gasteiger partial charge on any atom is 0.472 e. The van der Waals surface area contributed by atoms with Gasteiger partial charge in [0.25, 0.3) is 0 Å². The van der Waals surface area contributed by atoms with Crippen molar-refractivity contribution in [2.24, 2.45) is 23.7 Å². The van der Waals surface area contributed by atoms with Crippen LogP contribution in [-0.4, -0.2) is 96.7 Å². The average molecular weight is 1580 g/mol. The molecule has 7 atom stereocenters. The van der Waals surface area contributed by atoms with Gasteiger partial charge in [-0.05, 0) is 49.4 Å². The van der Waals surface area contributed by atoms with Crippen LogP contribution in [0.3, 0.4) is 0 Å². The summed E-state index contributed by atoms with van der Waals surface area (Å²) >= 11 is 0. The van der Waals surface area contributed by atoms with E-state index in [0.29, 0.717) is 25.7 Å². The van der Waals surface area contributed by atoms with Crippen LogP contribution in [0.1, 0.15) is 466 Å². The molecule has 19 heteroatoms. The number of phosphoric ester groups is 2. The molecule has 108 heavy (non-hydrogen) atoms. The number of ether oxygens (including phenoxy) is 4. The van der Waals surface area contributed by atoms with E-state index in [4.69, 9.17) is 37.0 Å². The van der Waals surface area contributed by atoms with E-state index in [-0.39, 0.29) is 25.7 Å². The second kappa shape index (κ2) is 77.6. The van der Waals surface area contributed by atoms with Crippen molar-refractivity contribution in [3.8, 4) is 0 Å². The van der Waals surface area contributed by atoms with Crippen molar-refractivity contribution < 1.29 is 80.2 Å². The SMILES string of the molecule is CCC(C)CCCCCCCCCCCCCCCCCCCCC(=O)OC[C@H](COP(=O)(O)OC[C@@H](O)COP(=O)(O)OC[C@@H](COC(=O)CCCCCCCCC(C)CC)OC(=O)CCCCCCCCCCCCCCC(C)C)OC(=O)CCCCCCCCCCCCCCCCCCCCC(C)C. The van der Waals surface area contributed by atoms with Crippen LogP contribution in [0.4, 0.5) is 0 Å². The predicted molar refractivity (Wildman–Crippen MR) is 446 cm³/mol. The summed E-state index contributed by atoms with van der Waals surface area (Å²) in [6.07, 6.45) is 68.2. The van der Waals surface area contributed by atoms with Gasteiger partial charge in [0.1, 0.15) is 19.3 Å². The van der Waals surface area contributed by atoms with Crippen LogP contribution < -0.4 is 0 Å². The Balaban J connectivity index is 5.22. The minimum absolute atomic E-state index is 0.106. The van der Waals surface area contributed by atoms with Crippen LogP contribution >= 0.6 is 15.6 Å². The largest absolute Gasteiger partial charge is 0.472 e. The maximum atomic E-state index is 13.2. The molecule has 0 fully saturated rings. The summed E-state index contributed by atoms with van der Waals surface area (Å²) in [5.41, 5.74) is 0. The van der Waals surface area contributed by atoms with Gasteiger partial charge >= 0.3 is 39.5 Å². The number of aliphatic hydroxyl groups is 1. The van der Waals surface area contributed by atoms with E-state index in [1.807, 2.05) is 0 Å². The summed E-state index contributed by atoms with van der Waals surface area (Å²) in [6, 6.07) is 0. The fourth-order valence-corrected chi connectivity index (χ4v) is 15.4. The molecular weight excluding hydrogens is 1400 g/mol. The fourth-order valence-electron chi connectivity index (χ4n) is 13.8. The number of carbonyl (C=O) groups is 4. The zero-order valence-corrected chi connectivity index (χ0v) is 73.3. The smallest absolute Gasteiger partial charge is 0.462 e. The van der Waals surface area contributed by atoms with Crippen molar-refractivity contribution in [1.29, 1.82) is 0 Å². The van der Waals surface area contributed by atoms with Crippen LogP contribution in [0.15, 0.2) is 0 Å². The molecule has 0 aromatic carbocycles.